The van der Waals surface area contributed by atoms with Crippen molar-refractivity contribution in [3.63, 3.8) is 0 Å². The molecule has 29 heavy (non-hydrogen) atoms. The van der Waals surface area contributed by atoms with E-state index < -0.39 is 0 Å². The molecule has 0 aliphatic heterocycles. The average Bonchev–Trinajstić information content (AvgIpc) is 3.26. The zero-order chi connectivity index (χ0) is 20.1. The van der Waals surface area contributed by atoms with E-state index in [1.807, 2.05) is 12.1 Å². The second-order valence-corrected chi connectivity index (χ2v) is 6.29. The molecule has 2 heterocycles. The summed E-state index contributed by atoms with van der Waals surface area (Å²) in [5.74, 6) is 0.845. The van der Waals surface area contributed by atoms with Crippen molar-refractivity contribution < 1.29 is 9.18 Å². The Morgan fingerprint density at radius 2 is 1.76 bits per heavy atom. The molecule has 0 spiro atoms. The molecule has 2 aromatic heterocycles. The number of imidazole rings is 1. The van der Waals surface area contributed by atoms with Crippen LogP contribution in [-0.2, 0) is 11.2 Å². The monoisotopic (exact) mass is 388 g/mol. The highest BCUT2D eigenvalue weighted by atomic mass is 19.1. The quantitative estimate of drug-likeness (QED) is 0.526. The van der Waals surface area contributed by atoms with Gasteiger partial charge in [-0.2, -0.15) is 0 Å². The van der Waals surface area contributed by atoms with Gasteiger partial charge >= 0.3 is 0 Å². The first-order chi connectivity index (χ1) is 14.2. The van der Waals surface area contributed by atoms with E-state index in [0.717, 1.165) is 11.3 Å². The summed E-state index contributed by atoms with van der Waals surface area (Å²) in [4.78, 5) is 24.6. The highest BCUT2D eigenvalue weighted by Crippen LogP contribution is 2.19. The van der Waals surface area contributed by atoms with Crippen molar-refractivity contribution in [2.75, 3.05) is 10.6 Å². The minimum atomic E-state index is -0.321. The number of rotatable bonds is 6. The molecule has 7 nitrogen and oxygen atoms in total. The Hall–Kier alpha value is -4.07. The van der Waals surface area contributed by atoms with Gasteiger partial charge in [0.05, 0.1) is 6.42 Å². The van der Waals surface area contributed by atoms with E-state index in [1.54, 1.807) is 53.6 Å². The number of nitrogens with one attached hydrogen (secondary N) is 2. The first-order valence-electron chi connectivity index (χ1n) is 8.87. The number of nitrogens with zero attached hydrogens (tertiary/aromatic N) is 4. The summed E-state index contributed by atoms with van der Waals surface area (Å²) < 4.78 is 14.7. The normalized spacial score (nSPS) is 10.5. The van der Waals surface area contributed by atoms with Gasteiger partial charge in [-0.1, -0.05) is 12.1 Å². The maximum atomic E-state index is 12.9. The molecule has 1 amide bonds. The van der Waals surface area contributed by atoms with Gasteiger partial charge in [0.1, 0.15) is 30.1 Å². The van der Waals surface area contributed by atoms with Crippen LogP contribution in [0, 0.1) is 5.82 Å². The lowest BCUT2D eigenvalue weighted by atomic mass is 10.1. The third kappa shape index (κ3) is 4.81. The number of carbonyl (C=O) groups excluding carboxylic acids is 1. The summed E-state index contributed by atoms with van der Waals surface area (Å²) in [6.07, 6.45) is 6.79. The molecule has 0 saturated heterocycles. The number of carbonyl (C=O) groups is 1. The smallest absolute Gasteiger partial charge is 0.228 e. The third-order valence-corrected chi connectivity index (χ3v) is 4.14. The fraction of sp³-hybridized carbons (Fsp3) is 0.0476. The van der Waals surface area contributed by atoms with Crippen LogP contribution in [0.5, 0.6) is 0 Å². The molecule has 0 saturated carbocycles. The van der Waals surface area contributed by atoms with Crippen LogP contribution in [0.25, 0.3) is 5.82 Å². The van der Waals surface area contributed by atoms with E-state index in [4.69, 9.17) is 0 Å². The molecule has 8 heteroatoms. The summed E-state index contributed by atoms with van der Waals surface area (Å²) in [6.45, 7) is 0. The Balaban J connectivity index is 1.37. The van der Waals surface area contributed by atoms with Gasteiger partial charge < -0.3 is 10.6 Å². The molecule has 0 aliphatic carbocycles. The lowest BCUT2D eigenvalue weighted by Crippen LogP contribution is -2.14. The van der Waals surface area contributed by atoms with Crippen molar-refractivity contribution in [1.82, 2.24) is 19.5 Å². The minimum Gasteiger partial charge on any atom is -0.340 e. The molecule has 4 aromatic rings. The number of amides is 1. The second-order valence-electron chi connectivity index (χ2n) is 6.29. The van der Waals surface area contributed by atoms with Crippen LogP contribution in [0.2, 0.25) is 0 Å². The first kappa shape index (κ1) is 18.3. The number of anilines is 3. The summed E-state index contributed by atoms with van der Waals surface area (Å²) in [5, 5.41) is 6.03. The summed E-state index contributed by atoms with van der Waals surface area (Å²) in [5.41, 5.74) is 2.24. The number of halogens is 1. The zero-order valence-corrected chi connectivity index (χ0v) is 15.3. The van der Waals surface area contributed by atoms with Gasteiger partial charge in [0.2, 0.25) is 5.91 Å². The Labute approximate surface area is 166 Å². The van der Waals surface area contributed by atoms with Crippen LogP contribution in [0.3, 0.4) is 0 Å². The van der Waals surface area contributed by atoms with Gasteiger partial charge in [0.15, 0.2) is 0 Å². The molecule has 0 aliphatic rings. The van der Waals surface area contributed by atoms with Crippen LogP contribution in [-0.4, -0.2) is 25.4 Å². The molecular weight excluding hydrogens is 371 g/mol. The van der Waals surface area contributed by atoms with Gasteiger partial charge in [-0.05, 0) is 42.0 Å². The zero-order valence-electron chi connectivity index (χ0n) is 15.3. The largest absolute Gasteiger partial charge is 0.340 e. The highest BCUT2D eigenvalue weighted by molar-refractivity contribution is 5.92. The number of hydrogen-bond acceptors (Lipinski definition) is 5. The third-order valence-electron chi connectivity index (χ3n) is 4.14. The van der Waals surface area contributed by atoms with E-state index in [9.17, 15) is 9.18 Å². The van der Waals surface area contributed by atoms with Crippen molar-refractivity contribution in [3.05, 3.63) is 91.0 Å². The van der Waals surface area contributed by atoms with Crippen LogP contribution in [0.1, 0.15) is 5.56 Å². The molecule has 0 bridgehead atoms. The first-order valence-corrected chi connectivity index (χ1v) is 8.87. The SMILES string of the molecule is O=C(Cc1ccc(F)cc1)Nc1ccc(Nc2cc(-n3ccnc3)ncn2)cc1. The molecule has 0 fully saturated rings. The van der Waals surface area contributed by atoms with Gasteiger partial charge in [0.25, 0.3) is 0 Å². The standard InChI is InChI=1S/C21H17FN6O/c22-16-3-1-15(2-4-16)11-21(29)27-18-7-5-17(6-8-18)26-19-12-20(25-13-24-19)28-10-9-23-14-28/h1-10,12-14H,11H2,(H,27,29)(H,24,25,26). The van der Waals surface area contributed by atoms with Crippen LogP contribution in [0.15, 0.2) is 79.6 Å². The van der Waals surface area contributed by atoms with Crippen LogP contribution >= 0.6 is 0 Å². The maximum Gasteiger partial charge on any atom is 0.228 e. The topological polar surface area (TPSA) is 84.7 Å². The number of hydrogen-bond donors (Lipinski definition) is 2. The minimum absolute atomic E-state index is 0.168. The molecule has 0 atom stereocenters. The number of benzene rings is 2. The molecule has 0 unspecified atom stereocenters. The fourth-order valence-corrected chi connectivity index (χ4v) is 2.73. The van der Waals surface area contributed by atoms with E-state index >= 15 is 0 Å². The van der Waals surface area contributed by atoms with Crippen molar-refractivity contribution in [1.29, 1.82) is 0 Å². The van der Waals surface area contributed by atoms with Gasteiger partial charge in [-0.3, -0.25) is 9.36 Å². The Bertz CT molecular complexity index is 1090. The van der Waals surface area contributed by atoms with E-state index in [1.165, 1.54) is 18.5 Å². The van der Waals surface area contributed by atoms with Crippen molar-refractivity contribution >= 4 is 23.1 Å². The fourth-order valence-electron chi connectivity index (χ4n) is 2.73. The van der Waals surface area contributed by atoms with E-state index in [0.29, 0.717) is 17.3 Å². The molecule has 2 aromatic carbocycles. The summed E-state index contributed by atoms with van der Waals surface area (Å²) in [7, 11) is 0. The molecular formula is C21H17FN6O. The molecule has 2 N–H and O–H groups in total. The predicted octanol–water partition coefficient (Wildman–Crippen LogP) is 3.73. The Kier molecular flexibility index (Phi) is 5.24. The predicted molar refractivity (Wildman–Crippen MR) is 108 cm³/mol. The lowest BCUT2D eigenvalue weighted by molar-refractivity contribution is -0.115. The molecule has 144 valence electrons. The Morgan fingerprint density at radius 3 is 2.48 bits per heavy atom. The van der Waals surface area contributed by atoms with E-state index in [2.05, 4.69) is 25.6 Å². The summed E-state index contributed by atoms with van der Waals surface area (Å²) in [6, 6.07) is 15.0. The van der Waals surface area contributed by atoms with Gasteiger partial charge in [-0.15, -0.1) is 0 Å². The van der Waals surface area contributed by atoms with Crippen molar-refractivity contribution in [2.45, 2.75) is 6.42 Å². The molecule has 0 radical (unpaired) electrons. The molecule has 4 rings (SSSR count). The highest BCUT2D eigenvalue weighted by Gasteiger charge is 2.06. The van der Waals surface area contributed by atoms with Crippen LogP contribution in [0.4, 0.5) is 21.6 Å². The number of aromatic nitrogens is 4. The van der Waals surface area contributed by atoms with Crippen LogP contribution < -0.4 is 10.6 Å². The second kappa shape index (κ2) is 8.30. The van der Waals surface area contributed by atoms with Gasteiger partial charge in [0, 0.05) is 29.8 Å². The maximum absolute atomic E-state index is 12.9. The average molecular weight is 388 g/mol. The van der Waals surface area contributed by atoms with Gasteiger partial charge in [-0.25, -0.2) is 19.3 Å². The van der Waals surface area contributed by atoms with Crippen molar-refractivity contribution in [2.24, 2.45) is 0 Å². The Morgan fingerprint density at radius 1 is 1.00 bits per heavy atom. The summed E-state index contributed by atoms with van der Waals surface area (Å²) >= 11 is 0. The van der Waals surface area contributed by atoms with E-state index in [-0.39, 0.29) is 18.1 Å². The van der Waals surface area contributed by atoms with Crippen molar-refractivity contribution in [3.8, 4) is 5.82 Å². The lowest BCUT2D eigenvalue weighted by Gasteiger charge is -2.09.